The molecule has 1 aliphatic heterocycles. The number of nitrogens with zero attached hydrogens (tertiary/aromatic N) is 1. The highest BCUT2D eigenvalue weighted by Crippen LogP contribution is 2.33. The van der Waals surface area contributed by atoms with E-state index < -0.39 is 0 Å². The molecule has 0 bridgehead atoms. The summed E-state index contributed by atoms with van der Waals surface area (Å²) in [6.45, 7) is 7.08. The number of hydrogen-bond acceptors (Lipinski definition) is 4. The summed E-state index contributed by atoms with van der Waals surface area (Å²) in [6.07, 6.45) is 0. The molecule has 3 rings (SSSR count). The number of para-hydroxylation sites is 1. The van der Waals surface area contributed by atoms with Gasteiger partial charge in [-0.25, -0.2) is 0 Å². The average molecular weight is 354 g/mol. The van der Waals surface area contributed by atoms with Crippen molar-refractivity contribution < 1.29 is 14.3 Å². The molecule has 0 aliphatic carbocycles. The number of likely N-dealkylation sites (N-methyl/N-ethyl adjacent to an activating group) is 1. The standard InChI is InChI=1S/C21H26N2O3/c1-14(2)17-7-5-6-8-18(17)22-21(24)15(3)23(4)12-16-9-10-19-20(11-16)26-13-25-19/h5-11,14-15H,12-13H2,1-4H3,(H,22,24)/t15-/m0/s1. The van der Waals surface area contributed by atoms with Crippen LogP contribution >= 0.6 is 0 Å². The summed E-state index contributed by atoms with van der Waals surface area (Å²) < 4.78 is 10.8. The van der Waals surface area contributed by atoms with E-state index >= 15 is 0 Å². The number of benzene rings is 2. The molecule has 1 amide bonds. The fourth-order valence-electron chi connectivity index (χ4n) is 3.02. The second-order valence-electron chi connectivity index (χ2n) is 7.01. The predicted octanol–water partition coefficient (Wildman–Crippen LogP) is 4.00. The van der Waals surface area contributed by atoms with Crippen molar-refractivity contribution in [2.24, 2.45) is 0 Å². The number of amides is 1. The van der Waals surface area contributed by atoms with Gasteiger partial charge >= 0.3 is 0 Å². The molecular weight excluding hydrogens is 328 g/mol. The van der Waals surface area contributed by atoms with E-state index in [1.165, 1.54) is 0 Å². The molecule has 26 heavy (non-hydrogen) atoms. The lowest BCUT2D eigenvalue weighted by atomic mass is 10.0. The molecule has 138 valence electrons. The van der Waals surface area contributed by atoms with Crippen LogP contribution in [0.1, 0.15) is 37.8 Å². The van der Waals surface area contributed by atoms with Crippen molar-refractivity contribution >= 4 is 11.6 Å². The van der Waals surface area contributed by atoms with Crippen molar-refractivity contribution in [1.29, 1.82) is 0 Å². The minimum atomic E-state index is -0.263. The van der Waals surface area contributed by atoms with Gasteiger partial charge in [-0.2, -0.15) is 0 Å². The molecule has 1 aliphatic rings. The van der Waals surface area contributed by atoms with Gasteiger partial charge in [-0.15, -0.1) is 0 Å². The number of fused-ring (bicyclic) bond motifs is 1. The quantitative estimate of drug-likeness (QED) is 0.852. The fraction of sp³-hybridized carbons (Fsp3) is 0.381. The van der Waals surface area contributed by atoms with Gasteiger partial charge in [0.1, 0.15) is 0 Å². The first-order valence-corrected chi connectivity index (χ1v) is 8.94. The van der Waals surface area contributed by atoms with Gasteiger partial charge < -0.3 is 14.8 Å². The number of carbonyl (C=O) groups excluding carboxylic acids is 1. The van der Waals surface area contributed by atoms with E-state index in [0.717, 1.165) is 28.3 Å². The number of carbonyl (C=O) groups is 1. The van der Waals surface area contributed by atoms with E-state index in [-0.39, 0.29) is 18.7 Å². The molecule has 5 nitrogen and oxygen atoms in total. The van der Waals surface area contributed by atoms with Crippen molar-refractivity contribution in [1.82, 2.24) is 4.90 Å². The maximum atomic E-state index is 12.7. The van der Waals surface area contributed by atoms with Crippen LogP contribution in [0.4, 0.5) is 5.69 Å². The van der Waals surface area contributed by atoms with Crippen LogP contribution in [0.15, 0.2) is 42.5 Å². The van der Waals surface area contributed by atoms with Crippen LogP contribution in [0.5, 0.6) is 11.5 Å². The van der Waals surface area contributed by atoms with Gasteiger partial charge in [0, 0.05) is 12.2 Å². The van der Waals surface area contributed by atoms with E-state index in [0.29, 0.717) is 12.5 Å². The van der Waals surface area contributed by atoms with E-state index in [9.17, 15) is 4.79 Å². The molecular formula is C21H26N2O3. The van der Waals surface area contributed by atoms with Gasteiger partial charge in [0.25, 0.3) is 0 Å². The highest BCUT2D eigenvalue weighted by Gasteiger charge is 2.21. The Kier molecular flexibility index (Phi) is 5.47. The molecule has 1 atom stereocenters. The Balaban J connectivity index is 1.65. The van der Waals surface area contributed by atoms with Crippen molar-refractivity contribution in [2.45, 2.75) is 39.3 Å². The third-order valence-electron chi connectivity index (χ3n) is 4.75. The van der Waals surface area contributed by atoms with Gasteiger partial charge in [0.05, 0.1) is 6.04 Å². The molecule has 0 saturated carbocycles. The smallest absolute Gasteiger partial charge is 0.241 e. The number of anilines is 1. The van der Waals surface area contributed by atoms with E-state index in [4.69, 9.17) is 9.47 Å². The number of nitrogens with one attached hydrogen (secondary N) is 1. The minimum Gasteiger partial charge on any atom is -0.454 e. The maximum Gasteiger partial charge on any atom is 0.241 e. The molecule has 0 radical (unpaired) electrons. The van der Waals surface area contributed by atoms with Crippen molar-refractivity contribution in [3.63, 3.8) is 0 Å². The van der Waals surface area contributed by atoms with Gasteiger partial charge in [-0.1, -0.05) is 38.1 Å². The third-order valence-corrected chi connectivity index (χ3v) is 4.75. The van der Waals surface area contributed by atoms with E-state index in [1.54, 1.807) is 0 Å². The molecule has 0 fully saturated rings. The second kappa shape index (κ2) is 7.79. The maximum absolute atomic E-state index is 12.7. The number of rotatable bonds is 6. The Morgan fingerprint density at radius 3 is 2.62 bits per heavy atom. The number of hydrogen-bond donors (Lipinski definition) is 1. The lowest BCUT2D eigenvalue weighted by molar-refractivity contribution is -0.120. The highest BCUT2D eigenvalue weighted by atomic mass is 16.7. The predicted molar refractivity (Wildman–Crippen MR) is 103 cm³/mol. The summed E-state index contributed by atoms with van der Waals surface area (Å²) in [7, 11) is 1.95. The van der Waals surface area contributed by atoms with Crippen LogP contribution in [0.2, 0.25) is 0 Å². The minimum absolute atomic E-state index is 0.0126. The molecule has 2 aromatic carbocycles. The van der Waals surface area contributed by atoms with Gasteiger partial charge in [-0.05, 0) is 49.2 Å². The lowest BCUT2D eigenvalue weighted by Gasteiger charge is -2.25. The Labute approximate surface area is 154 Å². The zero-order valence-electron chi connectivity index (χ0n) is 15.8. The Morgan fingerprint density at radius 1 is 1.12 bits per heavy atom. The normalized spacial score (nSPS) is 13.9. The zero-order chi connectivity index (χ0) is 18.7. The van der Waals surface area contributed by atoms with Crippen molar-refractivity contribution in [3.8, 4) is 11.5 Å². The molecule has 0 spiro atoms. The molecule has 5 heteroatoms. The summed E-state index contributed by atoms with van der Waals surface area (Å²) in [6, 6.07) is 13.6. The van der Waals surface area contributed by atoms with Crippen molar-refractivity contribution in [3.05, 3.63) is 53.6 Å². The summed E-state index contributed by atoms with van der Waals surface area (Å²) in [5.41, 5.74) is 3.11. The Bertz CT molecular complexity index is 789. The van der Waals surface area contributed by atoms with Crippen LogP contribution in [-0.2, 0) is 11.3 Å². The highest BCUT2D eigenvalue weighted by molar-refractivity contribution is 5.95. The Morgan fingerprint density at radius 2 is 1.85 bits per heavy atom. The van der Waals surface area contributed by atoms with Crippen LogP contribution in [0.3, 0.4) is 0 Å². The first kappa shape index (κ1) is 18.3. The SMILES string of the molecule is CC(C)c1ccccc1NC(=O)[C@H](C)N(C)Cc1ccc2c(c1)OCO2. The van der Waals surface area contributed by atoms with Gasteiger partial charge in [0.2, 0.25) is 12.7 Å². The lowest BCUT2D eigenvalue weighted by Crippen LogP contribution is -2.39. The van der Waals surface area contributed by atoms with Crippen LogP contribution in [0, 0.1) is 0 Å². The summed E-state index contributed by atoms with van der Waals surface area (Å²) in [5, 5.41) is 3.07. The van der Waals surface area contributed by atoms with Gasteiger partial charge in [-0.3, -0.25) is 9.69 Å². The van der Waals surface area contributed by atoms with Crippen molar-refractivity contribution in [2.75, 3.05) is 19.2 Å². The first-order valence-electron chi connectivity index (χ1n) is 8.94. The molecule has 0 saturated heterocycles. The summed E-state index contributed by atoms with van der Waals surface area (Å²) >= 11 is 0. The molecule has 1 heterocycles. The molecule has 0 aromatic heterocycles. The average Bonchev–Trinajstić information content (AvgIpc) is 3.09. The summed E-state index contributed by atoms with van der Waals surface area (Å²) in [5.74, 6) is 1.88. The van der Waals surface area contributed by atoms with Crippen LogP contribution in [0.25, 0.3) is 0 Å². The topological polar surface area (TPSA) is 50.8 Å². The van der Waals surface area contributed by atoms with Crippen LogP contribution < -0.4 is 14.8 Å². The van der Waals surface area contributed by atoms with E-state index in [2.05, 4.69) is 25.2 Å². The van der Waals surface area contributed by atoms with Gasteiger partial charge in [0.15, 0.2) is 11.5 Å². The summed E-state index contributed by atoms with van der Waals surface area (Å²) in [4.78, 5) is 14.7. The molecule has 2 aromatic rings. The first-order chi connectivity index (χ1) is 12.5. The largest absolute Gasteiger partial charge is 0.454 e. The second-order valence-corrected chi connectivity index (χ2v) is 7.01. The fourth-order valence-corrected chi connectivity index (χ4v) is 3.02. The number of ether oxygens (including phenoxy) is 2. The third kappa shape index (κ3) is 3.99. The Hall–Kier alpha value is -2.53. The van der Waals surface area contributed by atoms with Crippen LogP contribution in [-0.4, -0.2) is 30.7 Å². The molecule has 1 N–H and O–H groups in total. The van der Waals surface area contributed by atoms with E-state index in [1.807, 2.05) is 55.3 Å². The monoisotopic (exact) mass is 354 g/mol. The zero-order valence-corrected chi connectivity index (χ0v) is 15.8. The molecule has 0 unspecified atom stereocenters.